The summed E-state index contributed by atoms with van der Waals surface area (Å²) in [6.45, 7) is 5.36. The fourth-order valence-electron chi connectivity index (χ4n) is 0.715. The molecule has 2 nitrogen and oxygen atoms in total. The summed E-state index contributed by atoms with van der Waals surface area (Å²) in [7, 11) is 0. The Hall–Kier alpha value is -1.44. The third-order valence-electron chi connectivity index (χ3n) is 1.13. The van der Waals surface area contributed by atoms with Gasteiger partial charge in [0.15, 0.2) is 0 Å². The number of aromatic hydroxyl groups is 1. The lowest BCUT2D eigenvalue weighted by Crippen LogP contribution is -1.86. The van der Waals surface area contributed by atoms with Crippen molar-refractivity contribution in [2.24, 2.45) is 0 Å². The summed E-state index contributed by atoms with van der Waals surface area (Å²) in [5.41, 5.74) is 0. The van der Waals surface area contributed by atoms with E-state index >= 15 is 0 Å². The van der Waals surface area contributed by atoms with E-state index in [0.29, 0.717) is 11.5 Å². The number of hydrogen-bond donors (Lipinski definition) is 1. The second-order valence-electron chi connectivity index (χ2n) is 2.30. The fraction of sp³-hybridized carbons (Fsp3) is 0.111. The Kier molecular flexibility index (Phi) is 2.16. The average Bonchev–Trinajstić information content (AvgIpc) is 1.93. The van der Waals surface area contributed by atoms with Gasteiger partial charge < -0.3 is 9.84 Å². The van der Waals surface area contributed by atoms with E-state index in [9.17, 15) is 0 Å². The molecule has 0 fully saturated rings. The smallest absolute Gasteiger partial charge is 0.127 e. The number of benzene rings is 1. The molecule has 0 aliphatic carbocycles. The highest BCUT2D eigenvalue weighted by atomic mass is 16.5. The molecule has 0 heterocycles. The van der Waals surface area contributed by atoms with Gasteiger partial charge in [0.2, 0.25) is 0 Å². The van der Waals surface area contributed by atoms with Gasteiger partial charge in [-0.25, -0.2) is 0 Å². The molecule has 0 radical (unpaired) electrons. The van der Waals surface area contributed by atoms with Crippen LogP contribution in [0, 0.1) is 0 Å². The highest BCUT2D eigenvalue weighted by Crippen LogP contribution is 2.17. The van der Waals surface area contributed by atoms with E-state index in [4.69, 9.17) is 9.84 Å². The van der Waals surface area contributed by atoms with Crippen molar-refractivity contribution in [3.63, 3.8) is 0 Å². The van der Waals surface area contributed by atoms with Crippen LogP contribution in [0.1, 0.15) is 6.92 Å². The van der Waals surface area contributed by atoms with Crippen molar-refractivity contribution in [3.05, 3.63) is 36.6 Å². The molecule has 0 amide bonds. The first kappa shape index (κ1) is 7.66. The summed E-state index contributed by atoms with van der Waals surface area (Å²) in [5.74, 6) is 1.56. The van der Waals surface area contributed by atoms with Crippen LogP contribution in [0.3, 0.4) is 0 Å². The molecule has 58 valence electrons. The molecule has 0 unspecified atom stereocenters. The number of allylic oxidation sites excluding steroid dienone is 1. The van der Waals surface area contributed by atoms with E-state index in [-0.39, 0.29) is 5.75 Å². The second kappa shape index (κ2) is 3.10. The van der Waals surface area contributed by atoms with Crippen molar-refractivity contribution in [1.29, 1.82) is 0 Å². The van der Waals surface area contributed by atoms with Crippen molar-refractivity contribution in [1.82, 2.24) is 0 Å². The highest BCUT2D eigenvalue weighted by Gasteiger charge is 1.92. The number of ether oxygens (including phenoxy) is 1. The molecule has 1 N–H and O–H groups in total. The molecule has 2 heteroatoms. The van der Waals surface area contributed by atoms with E-state index in [0.717, 1.165) is 0 Å². The molecule has 1 aromatic rings. The summed E-state index contributed by atoms with van der Waals surface area (Å²) < 4.78 is 5.16. The van der Waals surface area contributed by atoms with Crippen LogP contribution in [0.5, 0.6) is 11.5 Å². The molecule has 0 aromatic heterocycles. The van der Waals surface area contributed by atoms with Crippen molar-refractivity contribution < 1.29 is 9.84 Å². The largest absolute Gasteiger partial charge is 0.508 e. The lowest BCUT2D eigenvalue weighted by molar-refractivity contribution is 0.427. The van der Waals surface area contributed by atoms with Crippen LogP contribution < -0.4 is 4.74 Å². The van der Waals surface area contributed by atoms with Crippen LogP contribution in [0.15, 0.2) is 36.6 Å². The van der Waals surface area contributed by atoms with E-state index in [1.165, 1.54) is 0 Å². The van der Waals surface area contributed by atoms with E-state index in [1.54, 1.807) is 31.2 Å². The lowest BCUT2D eigenvalue weighted by atomic mass is 10.3. The van der Waals surface area contributed by atoms with Gasteiger partial charge in [0.05, 0.1) is 5.76 Å². The summed E-state index contributed by atoms with van der Waals surface area (Å²) in [6, 6.07) is 6.50. The molecular weight excluding hydrogens is 140 g/mol. The average molecular weight is 150 g/mol. The van der Waals surface area contributed by atoms with Crippen LogP contribution in [0.2, 0.25) is 0 Å². The van der Waals surface area contributed by atoms with Gasteiger partial charge in [-0.1, -0.05) is 6.58 Å². The molecule has 11 heavy (non-hydrogen) atoms. The topological polar surface area (TPSA) is 29.5 Å². The van der Waals surface area contributed by atoms with Crippen LogP contribution in [0.25, 0.3) is 0 Å². The second-order valence-corrected chi connectivity index (χ2v) is 2.30. The first-order valence-electron chi connectivity index (χ1n) is 3.31. The zero-order chi connectivity index (χ0) is 8.27. The molecule has 0 saturated carbocycles. The van der Waals surface area contributed by atoms with Crippen molar-refractivity contribution in [3.8, 4) is 11.5 Å². The quantitative estimate of drug-likeness (QED) is 0.655. The van der Waals surface area contributed by atoms with E-state index in [2.05, 4.69) is 6.58 Å². The number of rotatable bonds is 2. The van der Waals surface area contributed by atoms with Gasteiger partial charge in [-0.3, -0.25) is 0 Å². The Morgan fingerprint density at radius 1 is 1.36 bits per heavy atom. The monoisotopic (exact) mass is 150 g/mol. The first-order valence-corrected chi connectivity index (χ1v) is 3.31. The maximum atomic E-state index is 8.91. The third kappa shape index (κ3) is 2.34. The lowest BCUT2D eigenvalue weighted by Gasteiger charge is -2.02. The molecule has 1 rings (SSSR count). The Morgan fingerprint density at radius 3 is 2.36 bits per heavy atom. The maximum Gasteiger partial charge on any atom is 0.127 e. The van der Waals surface area contributed by atoms with Crippen molar-refractivity contribution in [2.75, 3.05) is 0 Å². The molecule has 0 spiro atoms. The van der Waals surface area contributed by atoms with Crippen LogP contribution in [0.4, 0.5) is 0 Å². The van der Waals surface area contributed by atoms with Gasteiger partial charge in [0, 0.05) is 0 Å². The SMILES string of the molecule is C=C(C)Oc1ccc(O)cc1. The minimum absolute atomic E-state index is 0.235. The summed E-state index contributed by atoms with van der Waals surface area (Å²) in [6.07, 6.45) is 0. The standard InChI is InChI=1S/C9H10O2/c1-7(2)11-9-5-3-8(10)4-6-9/h3-6,10H,1H2,2H3. The fourth-order valence-corrected chi connectivity index (χ4v) is 0.715. The van der Waals surface area contributed by atoms with Gasteiger partial charge in [-0.2, -0.15) is 0 Å². The zero-order valence-electron chi connectivity index (χ0n) is 6.37. The van der Waals surface area contributed by atoms with Crippen LogP contribution in [-0.4, -0.2) is 5.11 Å². The Morgan fingerprint density at radius 2 is 1.91 bits per heavy atom. The Bertz CT molecular complexity index is 249. The molecule has 0 saturated heterocycles. The minimum Gasteiger partial charge on any atom is -0.508 e. The molecule has 0 atom stereocenters. The van der Waals surface area contributed by atoms with Crippen LogP contribution in [-0.2, 0) is 0 Å². The van der Waals surface area contributed by atoms with Gasteiger partial charge in [0.25, 0.3) is 0 Å². The van der Waals surface area contributed by atoms with Gasteiger partial charge in [0.1, 0.15) is 11.5 Å². The number of phenols is 1. The molecule has 0 aliphatic rings. The highest BCUT2D eigenvalue weighted by molar-refractivity contribution is 5.30. The predicted molar refractivity (Wildman–Crippen MR) is 43.5 cm³/mol. The van der Waals surface area contributed by atoms with Crippen molar-refractivity contribution in [2.45, 2.75) is 6.92 Å². The molecule has 0 bridgehead atoms. The Balaban J connectivity index is 2.74. The maximum absolute atomic E-state index is 8.91. The summed E-state index contributed by atoms with van der Waals surface area (Å²) in [5, 5.41) is 8.91. The van der Waals surface area contributed by atoms with Gasteiger partial charge in [-0.05, 0) is 31.2 Å². The molecular formula is C9H10O2. The minimum atomic E-state index is 0.235. The summed E-state index contributed by atoms with van der Waals surface area (Å²) in [4.78, 5) is 0. The van der Waals surface area contributed by atoms with Crippen LogP contribution >= 0.6 is 0 Å². The Labute approximate surface area is 65.7 Å². The van der Waals surface area contributed by atoms with E-state index < -0.39 is 0 Å². The number of hydrogen-bond acceptors (Lipinski definition) is 2. The molecule has 1 aromatic carbocycles. The molecule has 0 aliphatic heterocycles. The van der Waals surface area contributed by atoms with Crippen molar-refractivity contribution >= 4 is 0 Å². The van der Waals surface area contributed by atoms with Gasteiger partial charge in [-0.15, -0.1) is 0 Å². The zero-order valence-corrected chi connectivity index (χ0v) is 6.37. The van der Waals surface area contributed by atoms with E-state index in [1.807, 2.05) is 0 Å². The summed E-state index contributed by atoms with van der Waals surface area (Å²) >= 11 is 0. The predicted octanol–water partition coefficient (Wildman–Crippen LogP) is 2.30. The van der Waals surface area contributed by atoms with Gasteiger partial charge >= 0.3 is 0 Å². The number of phenolic OH excluding ortho intramolecular Hbond substituents is 1. The normalized spacial score (nSPS) is 9.18. The third-order valence-corrected chi connectivity index (χ3v) is 1.13. The first-order chi connectivity index (χ1) is 5.18.